The van der Waals surface area contributed by atoms with Gasteiger partial charge in [-0.2, -0.15) is 4.31 Å². The number of rotatable bonds is 4. The Bertz CT molecular complexity index is 922. The van der Waals surface area contributed by atoms with E-state index in [0.29, 0.717) is 24.3 Å². The fraction of sp³-hybridized carbons (Fsp3) is 0.316. The molecule has 138 valence electrons. The monoisotopic (exact) mass is 436 g/mol. The van der Waals surface area contributed by atoms with Gasteiger partial charge in [0.25, 0.3) is 5.91 Å². The quantitative estimate of drug-likeness (QED) is 0.781. The standard InChI is InChI=1S/C19H21BrN2O3S/c1-14-9-10-15(26(24,25)22-11-5-2-6-12-22)13-16(14)19(23)21-18-8-4-3-7-17(18)20/h3-4,7-10,13H,2,5-6,11-12H2,1H3,(H,21,23). The van der Waals surface area contributed by atoms with Gasteiger partial charge in [-0.15, -0.1) is 0 Å². The number of piperidine rings is 1. The van der Waals surface area contributed by atoms with Crippen LogP contribution >= 0.6 is 15.9 Å². The lowest BCUT2D eigenvalue weighted by Crippen LogP contribution is -2.35. The van der Waals surface area contributed by atoms with Gasteiger partial charge >= 0.3 is 0 Å². The molecule has 0 aromatic heterocycles. The van der Waals surface area contributed by atoms with Crippen molar-refractivity contribution in [2.24, 2.45) is 0 Å². The third-order valence-corrected chi connectivity index (χ3v) is 7.11. The second kappa shape index (κ2) is 7.90. The van der Waals surface area contributed by atoms with E-state index in [0.717, 1.165) is 29.3 Å². The molecule has 1 N–H and O–H groups in total. The molecule has 7 heteroatoms. The summed E-state index contributed by atoms with van der Waals surface area (Å²) in [6.45, 7) is 2.87. The summed E-state index contributed by atoms with van der Waals surface area (Å²) in [5, 5.41) is 2.83. The molecule has 2 aromatic carbocycles. The maximum atomic E-state index is 12.9. The number of hydrogen-bond donors (Lipinski definition) is 1. The van der Waals surface area contributed by atoms with Crippen LogP contribution < -0.4 is 5.32 Å². The summed E-state index contributed by atoms with van der Waals surface area (Å²) >= 11 is 3.40. The Hall–Kier alpha value is -1.70. The number of anilines is 1. The molecule has 0 saturated carbocycles. The van der Waals surface area contributed by atoms with Gasteiger partial charge in [-0.25, -0.2) is 8.42 Å². The average molecular weight is 437 g/mol. The number of carbonyl (C=O) groups is 1. The van der Waals surface area contributed by atoms with Gasteiger partial charge in [0.05, 0.1) is 10.6 Å². The molecule has 0 radical (unpaired) electrons. The van der Waals surface area contributed by atoms with Gasteiger partial charge < -0.3 is 5.32 Å². The smallest absolute Gasteiger partial charge is 0.256 e. The molecule has 26 heavy (non-hydrogen) atoms. The number of benzene rings is 2. The molecule has 0 unspecified atom stereocenters. The lowest BCUT2D eigenvalue weighted by atomic mass is 10.1. The number of sulfonamides is 1. The Morgan fingerprint density at radius 1 is 1.08 bits per heavy atom. The van der Waals surface area contributed by atoms with Crippen LogP contribution in [-0.4, -0.2) is 31.7 Å². The largest absolute Gasteiger partial charge is 0.321 e. The van der Waals surface area contributed by atoms with Crippen LogP contribution in [0.2, 0.25) is 0 Å². The summed E-state index contributed by atoms with van der Waals surface area (Å²) in [6.07, 6.45) is 2.81. The Morgan fingerprint density at radius 2 is 1.77 bits per heavy atom. The second-order valence-corrected chi connectivity index (χ2v) is 9.17. The zero-order valence-electron chi connectivity index (χ0n) is 14.5. The molecule has 0 spiro atoms. The number of aryl methyl sites for hydroxylation is 1. The molecule has 1 aliphatic heterocycles. The van der Waals surface area contributed by atoms with Gasteiger partial charge in [0, 0.05) is 23.1 Å². The molecular formula is C19H21BrN2O3S. The molecule has 1 fully saturated rings. The minimum absolute atomic E-state index is 0.169. The summed E-state index contributed by atoms with van der Waals surface area (Å²) in [6, 6.07) is 12.0. The van der Waals surface area contributed by atoms with E-state index in [4.69, 9.17) is 0 Å². The first kappa shape index (κ1) is 19.1. The third kappa shape index (κ3) is 4.00. The highest BCUT2D eigenvalue weighted by molar-refractivity contribution is 9.10. The van der Waals surface area contributed by atoms with Crippen LogP contribution in [0.5, 0.6) is 0 Å². The molecule has 5 nitrogen and oxygen atoms in total. The number of amides is 1. The number of nitrogens with one attached hydrogen (secondary N) is 1. The Kier molecular flexibility index (Phi) is 5.79. The SMILES string of the molecule is Cc1ccc(S(=O)(=O)N2CCCCC2)cc1C(=O)Nc1ccccc1Br. The number of nitrogens with zero attached hydrogens (tertiary/aromatic N) is 1. The molecule has 2 aromatic rings. The van der Waals surface area contributed by atoms with Crippen LogP contribution in [0, 0.1) is 6.92 Å². The Labute approximate surface area is 162 Å². The van der Waals surface area contributed by atoms with Crippen LogP contribution in [0.1, 0.15) is 35.2 Å². The van der Waals surface area contributed by atoms with Gasteiger partial charge in [-0.3, -0.25) is 4.79 Å². The Balaban J connectivity index is 1.90. The van der Waals surface area contributed by atoms with Crippen LogP contribution in [0.15, 0.2) is 51.8 Å². The van der Waals surface area contributed by atoms with Crippen LogP contribution in [0.25, 0.3) is 0 Å². The van der Waals surface area contributed by atoms with E-state index in [-0.39, 0.29) is 10.8 Å². The summed E-state index contributed by atoms with van der Waals surface area (Å²) < 4.78 is 28.0. The molecule has 1 heterocycles. The summed E-state index contributed by atoms with van der Waals surface area (Å²) in [5.41, 5.74) is 1.73. The zero-order chi connectivity index (χ0) is 18.7. The minimum Gasteiger partial charge on any atom is -0.321 e. The summed E-state index contributed by atoms with van der Waals surface area (Å²) in [4.78, 5) is 12.9. The lowest BCUT2D eigenvalue weighted by Gasteiger charge is -2.26. The number of halogens is 1. The van der Waals surface area contributed by atoms with Crippen molar-refractivity contribution in [3.8, 4) is 0 Å². The summed E-state index contributed by atoms with van der Waals surface area (Å²) in [7, 11) is -3.57. The lowest BCUT2D eigenvalue weighted by molar-refractivity contribution is 0.102. The average Bonchev–Trinajstić information content (AvgIpc) is 2.64. The van der Waals surface area contributed by atoms with E-state index in [1.165, 1.54) is 10.4 Å². The fourth-order valence-electron chi connectivity index (χ4n) is 3.01. The van der Waals surface area contributed by atoms with Gasteiger partial charge in [0.1, 0.15) is 0 Å². The number of hydrogen-bond acceptors (Lipinski definition) is 3. The van der Waals surface area contributed by atoms with Crippen molar-refractivity contribution in [1.82, 2.24) is 4.31 Å². The predicted molar refractivity (Wildman–Crippen MR) is 106 cm³/mol. The zero-order valence-corrected chi connectivity index (χ0v) is 16.9. The van der Waals surface area contributed by atoms with Crippen LogP contribution in [0.4, 0.5) is 5.69 Å². The van der Waals surface area contributed by atoms with Crippen molar-refractivity contribution >= 4 is 37.5 Å². The Morgan fingerprint density at radius 3 is 2.46 bits per heavy atom. The number of carbonyl (C=O) groups excluding carboxylic acids is 1. The first-order chi connectivity index (χ1) is 12.4. The highest BCUT2D eigenvalue weighted by Gasteiger charge is 2.27. The van der Waals surface area contributed by atoms with Gasteiger partial charge in [0.15, 0.2) is 0 Å². The van der Waals surface area contributed by atoms with E-state index in [1.807, 2.05) is 18.2 Å². The first-order valence-electron chi connectivity index (χ1n) is 8.56. The number of para-hydroxylation sites is 1. The van der Waals surface area contributed by atoms with Crippen molar-refractivity contribution < 1.29 is 13.2 Å². The molecule has 1 amide bonds. The third-order valence-electron chi connectivity index (χ3n) is 4.53. The van der Waals surface area contributed by atoms with Crippen molar-refractivity contribution in [2.75, 3.05) is 18.4 Å². The molecule has 1 saturated heterocycles. The maximum Gasteiger partial charge on any atom is 0.256 e. The van der Waals surface area contributed by atoms with Gasteiger partial charge in [-0.1, -0.05) is 24.6 Å². The van der Waals surface area contributed by atoms with E-state index >= 15 is 0 Å². The highest BCUT2D eigenvalue weighted by Crippen LogP contribution is 2.25. The molecule has 1 aliphatic rings. The predicted octanol–water partition coefficient (Wildman–Crippen LogP) is 4.18. The molecule has 0 aliphatic carbocycles. The van der Waals surface area contributed by atoms with Crippen molar-refractivity contribution in [1.29, 1.82) is 0 Å². The van der Waals surface area contributed by atoms with E-state index in [2.05, 4.69) is 21.2 Å². The van der Waals surface area contributed by atoms with Gasteiger partial charge in [-0.05, 0) is 65.5 Å². The molecular weight excluding hydrogens is 416 g/mol. The van der Waals surface area contributed by atoms with Crippen molar-refractivity contribution in [3.05, 3.63) is 58.1 Å². The van der Waals surface area contributed by atoms with Crippen LogP contribution in [-0.2, 0) is 10.0 Å². The van der Waals surface area contributed by atoms with Crippen molar-refractivity contribution in [2.45, 2.75) is 31.1 Å². The maximum absolute atomic E-state index is 12.9. The van der Waals surface area contributed by atoms with E-state index in [9.17, 15) is 13.2 Å². The minimum atomic E-state index is -3.57. The fourth-order valence-corrected chi connectivity index (χ4v) is 4.94. The second-order valence-electron chi connectivity index (χ2n) is 6.38. The molecule has 3 rings (SSSR count). The van der Waals surface area contributed by atoms with E-state index in [1.54, 1.807) is 25.1 Å². The first-order valence-corrected chi connectivity index (χ1v) is 10.8. The molecule has 0 atom stereocenters. The molecule has 0 bridgehead atoms. The van der Waals surface area contributed by atoms with Crippen LogP contribution in [0.3, 0.4) is 0 Å². The summed E-state index contributed by atoms with van der Waals surface area (Å²) in [5.74, 6) is -0.329. The van der Waals surface area contributed by atoms with E-state index < -0.39 is 10.0 Å². The topological polar surface area (TPSA) is 66.5 Å². The normalized spacial score (nSPS) is 15.6. The highest BCUT2D eigenvalue weighted by atomic mass is 79.9. The van der Waals surface area contributed by atoms with Crippen molar-refractivity contribution in [3.63, 3.8) is 0 Å². The van der Waals surface area contributed by atoms with Gasteiger partial charge in [0.2, 0.25) is 10.0 Å².